The van der Waals surface area contributed by atoms with Gasteiger partial charge in [0.15, 0.2) is 6.79 Å². The topological polar surface area (TPSA) is 35.5 Å². The molecule has 0 aromatic rings. The second-order valence-corrected chi connectivity index (χ2v) is 8.03. The van der Waals surface area contributed by atoms with Crippen LogP contribution >= 0.6 is 0 Å². The molecule has 3 fully saturated rings. The van der Waals surface area contributed by atoms with E-state index in [-0.39, 0.29) is 24.8 Å². The van der Waals surface area contributed by atoms with Gasteiger partial charge in [0, 0.05) is 0 Å². The number of esters is 1. The van der Waals surface area contributed by atoms with Gasteiger partial charge in [-0.05, 0) is 68.6 Å². The first-order chi connectivity index (χ1) is 10.6. The Morgan fingerprint density at radius 3 is 2.36 bits per heavy atom. The molecule has 2 bridgehead atoms. The number of carbonyl (C=O) groups excluding carboxylic acids is 1. The van der Waals surface area contributed by atoms with Gasteiger partial charge in [-0.2, -0.15) is 0 Å². The lowest BCUT2D eigenvalue weighted by atomic mass is 9.70. The number of fused-ring (bicyclic) bond motifs is 5. The van der Waals surface area contributed by atoms with E-state index in [1.54, 1.807) is 0 Å². The lowest BCUT2D eigenvalue weighted by Gasteiger charge is -2.34. The molecule has 22 heavy (non-hydrogen) atoms. The van der Waals surface area contributed by atoms with Crippen molar-refractivity contribution >= 4 is 5.97 Å². The molecule has 3 saturated carbocycles. The third-order valence-corrected chi connectivity index (χ3v) is 6.78. The van der Waals surface area contributed by atoms with Crippen LogP contribution < -0.4 is 0 Å². The van der Waals surface area contributed by atoms with Crippen LogP contribution in [0.25, 0.3) is 0 Å². The van der Waals surface area contributed by atoms with E-state index >= 15 is 0 Å². The van der Waals surface area contributed by atoms with Gasteiger partial charge in [0.2, 0.25) is 0 Å². The molecule has 0 N–H and O–H groups in total. The quantitative estimate of drug-likeness (QED) is 0.543. The Kier molecular flexibility index (Phi) is 4.82. The molecule has 3 aliphatic rings. The van der Waals surface area contributed by atoms with Gasteiger partial charge in [-0.3, -0.25) is 4.79 Å². The van der Waals surface area contributed by atoms with E-state index in [2.05, 4.69) is 13.8 Å². The van der Waals surface area contributed by atoms with Gasteiger partial charge >= 0.3 is 5.97 Å². The van der Waals surface area contributed by atoms with Gasteiger partial charge in [-0.25, -0.2) is 0 Å². The second-order valence-electron chi connectivity index (χ2n) is 8.03. The highest BCUT2D eigenvalue weighted by Gasteiger charge is 2.61. The van der Waals surface area contributed by atoms with Gasteiger partial charge in [0.05, 0.1) is 12.0 Å². The van der Waals surface area contributed by atoms with E-state index < -0.39 is 0 Å². The van der Waals surface area contributed by atoms with Gasteiger partial charge in [-0.15, -0.1) is 0 Å². The molecule has 0 heterocycles. The molecule has 3 heteroatoms. The summed E-state index contributed by atoms with van der Waals surface area (Å²) in [5.74, 6) is 4.95. The highest BCUT2D eigenvalue weighted by Crippen LogP contribution is 2.65. The lowest BCUT2D eigenvalue weighted by Crippen LogP contribution is -2.35. The van der Waals surface area contributed by atoms with E-state index in [1.807, 2.05) is 13.8 Å². The van der Waals surface area contributed by atoms with Crippen LogP contribution in [0.4, 0.5) is 0 Å². The predicted molar refractivity (Wildman–Crippen MR) is 86.0 cm³/mol. The summed E-state index contributed by atoms with van der Waals surface area (Å²) in [7, 11) is 0. The molecule has 0 aromatic carbocycles. The molecular weight excluding hydrogens is 276 g/mol. The van der Waals surface area contributed by atoms with Crippen LogP contribution in [0.15, 0.2) is 0 Å². The second kappa shape index (κ2) is 6.51. The minimum Gasteiger partial charge on any atom is -0.438 e. The molecule has 7 unspecified atom stereocenters. The normalized spacial score (nSPS) is 42.9. The van der Waals surface area contributed by atoms with Crippen molar-refractivity contribution in [2.45, 2.75) is 65.9 Å². The third-order valence-electron chi connectivity index (χ3n) is 6.78. The van der Waals surface area contributed by atoms with Crippen molar-refractivity contribution in [3.8, 4) is 0 Å². The van der Waals surface area contributed by atoms with Crippen molar-refractivity contribution < 1.29 is 14.3 Å². The molecule has 0 aromatic heterocycles. The van der Waals surface area contributed by atoms with E-state index in [1.165, 1.54) is 25.7 Å². The fraction of sp³-hybridized carbons (Fsp3) is 0.947. The summed E-state index contributed by atoms with van der Waals surface area (Å²) >= 11 is 0. The third kappa shape index (κ3) is 2.70. The molecule has 126 valence electrons. The van der Waals surface area contributed by atoms with Crippen LogP contribution in [0.2, 0.25) is 0 Å². The maximum Gasteiger partial charge on any atom is 0.311 e. The summed E-state index contributed by atoms with van der Waals surface area (Å²) in [4.78, 5) is 12.4. The molecule has 0 radical (unpaired) electrons. The molecule has 0 saturated heterocycles. The minimum absolute atomic E-state index is 0.00130. The van der Waals surface area contributed by atoms with Crippen molar-refractivity contribution in [3.63, 3.8) is 0 Å². The summed E-state index contributed by atoms with van der Waals surface area (Å²) in [6, 6.07) is 0. The number of carbonyl (C=O) groups is 1. The van der Waals surface area contributed by atoms with E-state index in [9.17, 15) is 4.79 Å². The van der Waals surface area contributed by atoms with Crippen molar-refractivity contribution in [1.29, 1.82) is 0 Å². The Morgan fingerprint density at radius 2 is 1.73 bits per heavy atom. The van der Waals surface area contributed by atoms with Crippen LogP contribution in [0.3, 0.4) is 0 Å². The standard InChI is InChI=1S/C19H32O3/c1-5-12-7-13(6-2)18-15-8-14(17(12)18)9-16(15)19(20)22-10-21-11(3)4/h11-18H,5-10H2,1-4H3. The Hall–Kier alpha value is -0.570. The van der Waals surface area contributed by atoms with E-state index in [4.69, 9.17) is 9.47 Å². The zero-order chi connectivity index (χ0) is 15.9. The zero-order valence-corrected chi connectivity index (χ0v) is 14.6. The lowest BCUT2D eigenvalue weighted by molar-refractivity contribution is -0.167. The van der Waals surface area contributed by atoms with Crippen molar-refractivity contribution in [2.75, 3.05) is 6.79 Å². The Bertz CT molecular complexity index is 405. The minimum atomic E-state index is 0.00130. The average molecular weight is 308 g/mol. The molecule has 7 atom stereocenters. The van der Waals surface area contributed by atoms with Crippen LogP contribution in [0, 0.1) is 41.4 Å². The predicted octanol–water partition coefficient (Wildman–Crippen LogP) is 4.26. The van der Waals surface area contributed by atoms with Crippen molar-refractivity contribution in [1.82, 2.24) is 0 Å². The molecule has 3 nitrogen and oxygen atoms in total. The number of rotatable bonds is 6. The van der Waals surface area contributed by atoms with Crippen molar-refractivity contribution in [3.05, 3.63) is 0 Å². The smallest absolute Gasteiger partial charge is 0.311 e. The first kappa shape index (κ1) is 16.3. The fourth-order valence-corrected chi connectivity index (χ4v) is 6.00. The fourth-order valence-electron chi connectivity index (χ4n) is 6.00. The monoisotopic (exact) mass is 308 g/mol. The molecule has 3 rings (SSSR count). The van der Waals surface area contributed by atoms with Crippen LogP contribution in [0.5, 0.6) is 0 Å². The summed E-state index contributed by atoms with van der Waals surface area (Å²) in [5.41, 5.74) is 0. The van der Waals surface area contributed by atoms with Crippen LogP contribution in [-0.4, -0.2) is 18.9 Å². The van der Waals surface area contributed by atoms with Gasteiger partial charge in [0.1, 0.15) is 0 Å². The van der Waals surface area contributed by atoms with Gasteiger partial charge in [-0.1, -0.05) is 26.7 Å². The summed E-state index contributed by atoms with van der Waals surface area (Å²) in [6.07, 6.45) is 6.44. The van der Waals surface area contributed by atoms with Gasteiger partial charge in [0.25, 0.3) is 0 Å². The maximum atomic E-state index is 12.4. The molecule has 0 aliphatic heterocycles. The Labute approximate surface area is 135 Å². The highest BCUT2D eigenvalue weighted by molar-refractivity contribution is 5.73. The molecule has 0 spiro atoms. The number of ether oxygens (including phenoxy) is 2. The first-order valence-corrected chi connectivity index (χ1v) is 9.34. The number of hydrogen-bond acceptors (Lipinski definition) is 3. The largest absolute Gasteiger partial charge is 0.438 e. The SMILES string of the molecule is CCC1CC(CC)C2C3CC(CC3C(=O)OCOC(C)C)C12. The maximum absolute atomic E-state index is 12.4. The summed E-state index contributed by atoms with van der Waals surface area (Å²) < 4.78 is 10.8. The average Bonchev–Trinajstić information content (AvgIpc) is 3.16. The molecule has 0 amide bonds. The zero-order valence-electron chi connectivity index (χ0n) is 14.6. The molecule has 3 aliphatic carbocycles. The van der Waals surface area contributed by atoms with Crippen LogP contribution in [-0.2, 0) is 14.3 Å². The highest BCUT2D eigenvalue weighted by atomic mass is 16.7. The van der Waals surface area contributed by atoms with Gasteiger partial charge < -0.3 is 9.47 Å². The Balaban J connectivity index is 1.63. The van der Waals surface area contributed by atoms with E-state index in [0.29, 0.717) is 5.92 Å². The molecular formula is C19H32O3. The summed E-state index contributed by atoms with van der Waals surface area (Å²) in [5, 5.41) is 0. The Morgan fingerprint density at radius 1 is 1.05 bits per heavy atom. The number of hydrogen-bond donors (Lipinski definition) is 0. The van der Waals surface area contributed by atoms with Crippen LogP contribution in [0.1, 0.15) is 59.8 Å². The first-order valence-electron chi connectivity index (χ1n) is 9.34. The van der Waals surface area contributed by atoms with Crippen molar-refractivity contribution in [2.24, 2.45) is 41.4 Å². The summed E-state index contributed by atoms with van der Waals surface area (Å²) in [6.45, 7) is 8.72. The van der Waals surface area contributed by atoms with E-state index in [0.717, 1.165) is 36.0 Å².